The Hall–Kier alpha value is -0.610. The van der Waals surface area contributed by atoms with Gasteiger partial charge in [0.1, 0.15) is 5.02 Å². The summed E-state index contributed by atoms with van der Waals surface area (Å²) in [5.74, 6) is 0.0185. The second kappa shape index (κ2) is 3.51. The monoisotopic (exact) mass is 276 g/mol. The summed E-state index contributed by atoms with van der Waals surface area (Å²) in [4.78, 5) is 4.05. The van der Waals surface area contributed by atoms with E-state index in [-0.39, 0.29) is 5.02 Å². The molecule has 14 heavy (non-hydrogen) atoms. The van der Waals surface area contributed by atoms with E-state index in [1.165, 1.54) is 0 Å². The fraction of sp³-hybridized carbons (Fsp3) is 0.222. The molecule has 0 saturated heterocycles. The Morgan fingerprint density at radius 1 is 1.50 bits per heavy atom. The van der Waals surface area contributed by atoms with E-state index >= 15 is 0 Å². The lowest BCUT2D eigenvalue weighted by molar-refractivity contribution is 0.620. The van der Waals surface area contributed by atoms with Gasteiger partial charge in [-0.2, -0.15) is 0 Å². The molecule has 0 spiro atoms. The molecule has 0 fully saturated rings. The van der Waals surface area contributed by atoms with Crippen molar-refractivity contribution in [3.05, 3.63) is 26.9 Å². The van der Waals surface area contributed by atoms with Gasteiger partial charge in [0.15, 0.2) is 5.82 Å². The molecule has 0 aliphatic carbocycles. The molecule has 1 aliphatic heterocycles. The van der Waals surface area contributed by atoms with Crippen LogP contribution in [0.5, 0.6) is 0 Å². The Morgan fingerprint density at radius 3 is 2.93 bits per heavy atom. The standard InChI is InChI=1S/C9H7BrClFN2/c10-5-3-4-1-2-6(13)14-9(4)7(11)8(5)12/h3H,1-2H2,(H2,13,14). The van der Waals surface area contributed by atoms with E-state index < -0.39 is 5.82 Å². The van der Waals surface area contributed by atoms with Crippen LogP contribution in [0.3, 0.4) is 0 Å². The smallest absolute Gasteiger partial charge is 0.158 e. The van der Waals surface area contributed by atoms with Gasteiger partial charge in [-0.3, -0.25) is 0 Å². The Bertz CT molecular complexity index is 431. The van der Waals surface area contributed by atoms with E-state index in [1.54, 1.807) is 6.07 Å². The van der Waals surface area contributed by atoms with Crippen molar-refractivity contribution in [2.24, 2.45) is 10.7 Å². The van der Waals surface area contributed by atoms with Gasteiger partial charge in [0.05, 0.1) is 16.0 Å². The zero-order valence-corrected chi connectivity index (χ0v) is 9.49. The van der Waals surface area contributed by atoms with Crippen LogP contribution in [0.4, 0.5) is 10.1 Å². The Balaban J connectivity index is 2.68. The molecule has 1 aliphatic rings. The first kappa shape index (κ1) is 9.93. The highest BCUT2D eigenvalue weighted by molar-refractivity contribution is 9.10. The average molecular weight is 278 g/mol. The van der Waals surface area contributed by atoms with Crippen molar-refractivity contribution in [1.29, 1.82) is 0 Å². The predicted octanol–water partition coefficient (Wildman–Crippen LogP) is 3.18. The van der Waals surface area contributed by atoms with Crippen molar-refractivity contribution >= 4 is 39.1 Å². The molecule has 5 heteroatoms. The number of aliphatic imine (C=N–C) groups is 1. The molecule has 2 rings (SSSR count). The van der Waals surface area contributed by atoms with Crippen LogP contribution in [-0.4, -0.2) is 5.84 Å². The van der Waals surface area contributed by atoms with Gasteiger partial charge in [0.25, 0.3) is 0 Å². The summed E-state index contributed by atoms with van der Waals surface area (Å²) in [5, 5.41) is 0.0389. The van der Waals surface area contributed by atoms with Crippen molar-refractivity contribution < 1.29 is 4.39 Å². The second-order valence-electron chi connectivity index (χ2n) is 3.10. The highest BCUT2D eigenvalue weighted by Crippen LogP contribution is 2.38. The Kier molecular flexibility index (Phi) is 2.49. The first-order chi connectivity index (χ1) is 6.59. The SMILES string of the molecule is NC1=Nc2c(cc(Br)c(F)c2Cl)CC1. The minimum atomic E-state index is -0.483. The summed E-state index contributed by atoms with van der Waals surface area (Å²) < 4.78 is 13.7. The number of nitrogens with two attached hydrogens (primary N) is 1. The van der Waals surface area contributed by atoms with Gasteiger partial charge in [0, 0.05) is 6.42 Å². The van der Waals surface area contributed by atoms with Crippen LogP contribution in [0.2, 0.25) is 5.02 Å². The zero-order chi connectivity index (χ0) is 10.3. The van der Waals surface area contributed by atoms with Crippen LogP contribution >= 0.6 is 27.5 Å². The predicted molar refractivity (Wildman–Crippen MR) is 58.7 cm³/mol. The normalized spacial score (nSPS) is 14.9. The quantitative estimate of drug-likeness (QED) is 0.727. The van der Waals surface area contributed by atoms with E-state index in [1.807, 2.05) is 0 Å². The molecule has 0 saturated carbocycles. The average Bonchev–Trinajstić information content (AvgIpc) is 2.16. The van der Waals surface area contributed by atoms with Gasteiger partial charge in [-0.05, 0) is 34.0 Å². The summed E-state index contributed by atoms with van der Waals surface area (Å²) in [6, 6.07) is 1.70. The third-order valence-corrected chi connectivity index (χ3v) is 3.04. The van der Waals surface area contributed by atoms with Crippen LogP contribution in [0.25, 0.3) is 0 Å². The minimum absolute atomic E-state index is 0.0389. The molecule has 1 aromatic rings. The van der Waals surface area contributed by atoms with Crippen LogP contribution in [0.15, 0.2) is 15.5 Å². The van der Waals surface area contributed by atoms with Crippen LogP contribution in [0, 0.1) is 5.82 Å². The first-order valence-corrected chi connectivity index (χ1v) is 5.26. The van der Waals surface area contributed by atoms with Crippen LogP contribution in [0.1, 0.15) is 12.0 Å². The molecule has 1 heterocycles. The molecule has 1 aromatic carbocycles. The van der Waals surface area contributed by atoms with Crippen molar-refractivity contribution in [2.75, 3.05) is 0 Å². The molecule has 74 valence electrons. The second-order valence-corrected chi connectivity index (χ2v) is 4.33. The Morgan fingerprint density at radius 2 is 2.21 bits per heavy atom. The van der Waals surface area contributed by atoms with Gasteiger partial charge in [0.2, 0.25) is 0 Å². The lowest BCUT2D eigenvalue weighted by Crippen LogP contribution is -2.15. The molecule has 0 unspecified atom stereocenters. The van der Waals surface area contributed by atoms with Crippen molar-refractivity contribution in [2.45, 2.75) is 12.8 Å². The number of fused-ring (bicyclic) bond motifs is 1. The minimum Gasteiger partial charge on any atom is -0.387 e. The molecule has 0 amide bonds. The molecule has 0 aromatic heterocycles. The van der Waals surface area contributed by atoms with E-state index in [9.17, 15) is 4.39 Å². The number of nitrogens with zero attached hydrogens (tertiary/aromatic N) is 1. The van der Waals surface area contributed by atoms with E-state index in [0.717, 1.165) is 12.0 Å². The van der Waals surface area contributed by atoms with Crippen LogP contribution in [-0.2, 0) is 6.42 Å². The lowest BCUT2D eigenvalue weighted by Gasteiger charge is -2.15. The van der Waals surface area contributed by atoms with Crippen LogP contribution < -0.4 is 5.73 Å². The zero-order valence-electron chi connectivity index (χ0n) is 7.15. The van der Waals surface area contributed by atoms with Gasteiger partial charge in [-0.25, -0.2) is 9.38 Å². The number of hydrogen-bond acceptors (Lipinski definition) is 2. The number of benzene rings is 1. The Labute approximate surface area is 94.1 Å². The lowest BCUT2D eigenvalue weighted by atomic mass is 10.0. The largest absolute Gasteiger partial charge is 0.387 e. The van der Waals surface area contributed by atoms with Crippen molar-refractivity contribution in [3.8, 4) is 0 Å². The molecule has 2 N–H and O–H groups in total. The fourth-order valence-corrected chi connectivity index (χ4v) is 2.26. The number of hydrogen-bond donors (Lipinski definition) is 1. The molecule has 2 nitrogen and oxygen atoms in total. The summed E-state index contributed by atoms with van der Waals surface area (Å²) in [5.41, 5.74) is 6.96. The molecular formula is C9H7BrClFN2. The molecule has 0 atom stereocenters. The maximum atomic E-state index is 13.4. The molecular weight excluding hydrogens is 270 g/mol. The van der Waals surface area contributed by atoms with Gasteiger partial charge in [-0.15, -0.1) is 0 Å². The number of halogens is 3. The topological polar surface area (TPSA) is 38.4 Å². The summed E-state index contributed by atoms with van der Waals surface area (Å²) in [6.45, 7) is 0. The van der Waals surface area contributed by atoms with Crippen molar-refractivity contribution in [1.82, 2.24) is 0 Å². The maximum absolute atomic E-state index is 13.4. The highest BCUT2D eigenvalue weighted by Gasteiger charge is 2.18. The van der Waals surface area contributed by atoms with Gasteiger partial charge >= 0.3 is 0 Å². The summed E-state index contributed by atoms with van der Waals surface area (Å²) >= 11 is 8.92. The maximum Gasteiger partial charge on any atom is 0.158 e. The third kappa shape index (κ3) is 1.53. The van der Waals surface area contributed by atoms with E-state index in [0.29, 0.717) is 22.4 Å². The number of aryl methyl sites for hydroxylation is 1. The summed E-state index contributed by atoms with van der Waals surface area (Å²) in [6.07, 6.45) is 1.45. The number of amidine groups is 1. The van der Waals surface area contributed by atoms with E-state index in [2.05, 4.69) is 20.9 Å². The fourth-order valence-electron chi connectivity index (χ4n) is 1.41. The summed E-state index contributed by atoms with van der Waals surface area (Å²) in [7, 11) is 0. The van der Waals surface area contributed by atoms with Crippen molar-refractivity contribution in [3.63, 3.8) is 0 Å². The highest BCUT2D eigenvalue weighted by atomic mass is 79.9. The third-order valence-electron chi connectivity index (χ3n) is 2.12. The number of rotatable bonds is 0. The molecule has 0 bridgehead atoms. The van der Waals surface area contributed by atoms with Gasteiger partial charge in [-0.1, -0.05) is 11.6 Å². The van der Waals surface area contributed by atoms with Gasteiger partial charge < -0.3 is 5.73 Å². The molecule has 0 radical (unpaired) electrons. The first-order valence-electron chi connectivity index (χ1n) is 4.09. The van der Waals surface area contributed by atoms with E-state index in [4.69, 9.17) is 17.3 Å².